The highest BCUT2D eigenvalue weighted by atomic mass is 35.5. The molecule has 10 heteroatoms. The monoisotopic (exact) mass is 589 g/mol. The van der Waals surface area contributed by atoms with E-state index in [-0.39, 0.29) is 23.4 Å². The highest BCUT2D eigenvalue weighted by Gasteiger charge is 2.34. The number of para-hydroxylation sites is 1. The minimum absolute atomic E-state index is 0.00297. The largest absolute Gasteiger partial charge is 0.352 e. The van der Waals surface area contributed by atoms with Crippen LogP contribution in [0.1, 0.15) is 38.3 Å². The zero-order valence-corrected chi connectivity index (χ0v) is 24.7. The number of nitrogens with one attached hydrogen (secondary N) is 1. The van der Waals surface area contributed by atoms with Crippen molar-refractivity contribution in [2.45, 2.75) is 57.6 Å². The number of hydrogen-bond acceptors (Lipinski definition) is 4. The zero-order chi connectivity index (χ0) is 28.7. The number of rotatable bonds is 11. The maximum absolute atomic E-state index is 14.0. The number of anilines is 1. The first-order valence-electron chi connectivity index (χ1n) is 12.6. The quantitative estimate of drug-likeness (QED) is 0.305. The number of carbonyl (C=O) groups excluding carboxylic acids is 2. The van der Waals surface area contributed by atoms with E-state index in [0.717, 1.165) is 9.87 Å². The Morgan fingerprint density at radius 1 is 0.897 bits per heavy atom. The lowest BCUT2D eigenvalue weighted by Crippen LogP contribution is -2.53. The molecule has 3 aromatic carbocycles. The van der Waals surface area contributed by atoms with Crippen molar-refractivity contribution in [3.63, 3.8) is 0 Å². The fourth-order valence-corrected chi connectivity index (χ4v) is 5.91. The number of benzene rings is 3. The van der Waals surface area contributed by atoms with Crippen molar-refractivity contribution in [1.82, 2.24) is 10.2 Å². The second-order valence-electron chi connectivity index (χ2n) is 9.49. The van der Waals surface area contributed by atoms with Gasteiger partial charge in [-0.3, -0.25) is 13.9 Å². The number of hydrogen-bond donors (Lipinski definition) is 1. The number of nitrogens with zero attached hydrogens (tertiary/aromatic N) is 2. The summed E-state index contributed by atoms with van der Waals surface area (Å²) < 4.78 is 28.9. The third kappa shape index (κ3) is 7.75. The molecule has 3 aromatic rings. The van der Waals surface area contributed by atoms with Crippen LogP contribution in [0.2, 0.25) is 10.0 Å². The first-order valence-corrected chi connectivity index (χ1v) is 14.8. The summed E-state index contributed by atoms with van der Waals surface area (Å²) in [6, 6.07) is 18.8. The SMILES string of the molecule is CC[C@@H](C(=O)NC(C)C)N(Cc1ccc(Cl)cc1)C(=O)CN(c1ccccc1C)S(=O)(=O)c1ccc(Cl)cc1. The molecule has 1 N–H and O–H groups in total. The Hall–Kier alpha value is -3.07. The number of aryl methyl sites for hydroxylation is 1. The van der Waals surface area contributed by atoms with Crippen molar-refractivity contribution in [2.24, 2.45) is 0 Å². The molecule has 0 unspecified atom stereocenters. The molecular formula is C29H33Cl2N3O4S. The predicted molar refractivity (Wildman–Crippen MR) is 157 cm³/mol. The molecule has 208 valence electrons. The second-order valence-corrected chi connectivity index (χ2v) is 12.2. The molecule has 0 aliphatic heterocycles. The van der Waals surface area contributed by atoms with E-state index in [1.54, 1.807) is 55.5 Å². The number of sulfonamides is 1. The van der Waals surface area contributed by atoms with Crippen LogP contribution in [-0.2, 0) is 26.2 Å². The topological polar surface area (TPSA) is 86.8 Å². The second kappa shape index (κ2) is 13.3. The Morgan fingerprint density at radius 2 is 1.46 bits per heavy atom. The summed E-state index contributed by atoms with van der Waals surface area (Å²) in [5.41, 5.74) is 1.80. The van der Waals surface area contributed by atoms with Crippen LogP contribution in [0.15, 0.2) is 77.7 Å². The standard InChI is InChI=1S/C29H33Cl2N3O4S/c1-5-26(29(36)32-20(2)3)33(18-22-10-12-23(30)13-11-22)28(35)19-34(27-9-7-6-8-21(27)4)39(37,38)25-16-14-24(31)15-17-25/h6-17,20,26H,5,18-19H2,1-4H3,(H,32,36)/t26-/m0/s1. The Balaban J connectivity index is 2.07. The van der Waals surface area contributed by atoms with Crippen LogP contribution in [0.3, 0.4) is 0 Å². The third-order valence-electron chi connectivity index (χ3n) is 6.15. The lowest BCUT2D eigenvalue weighted by atomic mass is 10.1. The first-order chi connectivity index (χ1) is 18.4. The van der Waals surface area contributed by atoms with Crippen LogP contribution in [-0.4, -0.2) is 43.8 Å². The number of halogens is 2. The Morgan fingerprint density at radius 3 is 2.00 bits per heavy atom. The smallest absolute Gasteiger partial charge is 0.264 e. The summed E-state index contributed by atoms with van der Waals surface area (Å²) in [4.78, 5) is 28.6. The van der Waals surface area contributed by atoms with Crippen LogP contribution in [0.4, 0.5) is 5.69 Å². The van der Waals surface area contributed by atoms with E-state index < -0.39 is 28.5 Å². The summed E-state index contributed by atoms with van der Waals surface area (Å²) in [7, 11) is -4.16. The van der Waals surface area contributed by atoms with Gasteiger partial charge in [0.05, 0.1) is 10.6 Å². The van der Waals surface area contributed by atoms with Crippen molar-refractivity contribution >= 4 is 50.7 Å². The highest BCUT2D eigenvalue weighted by Crippen LogP contribution is 2.28. The Bertz CT molecular complexity index is 1390. The van der Waals surface area contributed by atoms with Gasteiger partial charge >= 0.3 is 0 Å². The van der Waals surface area contributed by atoms with E-state index in [2.05, 4.69) is 5.32 Å². The summed E-state index contributed by atoms with van der Waals surface area (Å²) in [6.45, 7) is 6.87. The van der Waals surface area contributed by atoms with Gasteiger partial charge in [0.2, 0.25) is 11.8 Å². The van der Waals surface area contributed by atoms with E-state index in [0.29, 0.717) is 27.7 Å². The van der Waals surface area contributed by atoms with E-state index >= 15 is 0 Å². The average Bonchev–Trinajstić information content (AvgIpc) is 2.88. The van der Waals surface area contributed by atoms with Gasteiger partial charge < -0.3 is 10.2 Å². The average molecular weight is 591 g/mol. The minimum atomic E-state index is -4.16. The molecule has 2 amide bonds. The molecule has 0 aromatic heterocycles. The maximum atomic E-state index is 14.0. The van der Waals surface area contributed by atoms with E-state index in [1.165, 1.54) is 29.2 Å². The van der Waals surface area contributed by atoms with Crippen molar-refractivity contribution in [3.8, 4) is 0 Å². The van der Waals surface area contributed by atoms with Gasteiger partial charge in [-0.05, 0) is 80.8 Å². The molecule has 0 saturated heterocycles. The molecule has 0 spiro atoms. The molecule has 1 atom stereocenters. The molecule has 0 bridgehead atoms. The van der Waals surface area contributed by atoms with Gasteiger partial charge in [-0.15, -0.1) is 0 Å². The molecular weight excluding hydrogens is 557 g/mol. The summed E-state index contributed by atoms with van der Waals surface area (Å²) >= 11 is 12.0. The molecule has 3 rings (SSSR count). The number of amides is 2. The van der Waals surface area contributed by atoms with Crippen LogP contribution in [0.5, 0.6) is 0 Å². The summed E-state index contributed by atoms with van der Waals surface area (Å²) in [5, 5.41) is 3.82. The molecule has 39 heavy (non-hydrogen) atoms. The first kappa shape index (κ1) is 30.5. The zero-order valence-electron chi connectivity index (χ0n) is 22.4. The van der Waals surface area contributed by atoms with Gasteiger partial charge in [-0.2, -0.15) is 0 Å². The summed E-state index contributed by atoms with van der Waals surface area (Å²) in [5.74, 6) is -0.825. The third-order valence-corrected chi connectivity index (χ3v) is 8.43. The van der Waals surface area contributed by atoms with Gasteiger partial charge in [0.25, 0.3) is 10.0 Å². The maximum Gasteiger partial charge on any atom is 0.264 e. The molecule has 0 aliphatic carbocycles. The normalized spacial score (nSPS) is 12.2. The van der Waals surface area contributed by atoms with Crippen LogP contribution >= 0.6 is 23.2 Å². The molecule has 0 fully saturated rings. The van der Waals surface area contributed by atoms with E-state index in [9.17, 15) is 18.0 Å². The molecule has 0 heterocycles. The lowest BCUT2D eigenvalue weighted by molar-refractivity contribution is -0.140. The Kier molecular flexibility index (Phi) is 10.4. The van der Waals surface area contributed by atoms with E-state index in [4.69, 9.17) is 23.2 Å². The molecule has 7 nitrogen and oxygen atoms in total. The van der Waals surface area contributed by atoms with Gasteiger partial charge in [0, 0.05) is 22.6 Å². The fourth-order valence-electron chi connectivity index (χ4n) is 4.18. The predicted octanol–water partition coefficient (Wildman–Crippen LogP) is 5.83. The molecule has 0 radical (unpaired) electrons. The lowest BCUT2D eigenvalue weighted by Gasteiger charge is -2.34. The highest BCUT2D eigenvalue weighted by molar-refractivity contribution is 7.92. The van der Waals surface area contributed by atoms with Gasteiger partial charge in [0.15, 0.2) is 0 Å². The van der Waals surface area contributed by atoms with Crippen molar-refractivity contribution in [3.05, 3.63) is 94.0 Å². The van der Waals surface area contributed by atoms with Crippen molar-refractivity contribution in [2.75, 3.05) is 10.8 Å². The van der Waals surface area contributed by atoms with Crippen LogP contribution in [0, 0.1) is 6.92 Å². The summed E-state index contributed by atoms with van der Waals surface area (Å²) in [6.07, 6.45) is 0.339. The van der Waals surface area contributed by atoms with Gasteiger partial charge in [0.1, 0.15) is 12.6 Å². The van der Waals surface area contributed by atoms with Crippen molar-refractivity contribution in [1.29, 1.82) is 0 Å². The molecule has 0 saturated carbocycles. The van der Waals surface area contributed by atoms with Gasteiger partial charge in [-0.1, -0.05) is 60.5 Å². The van der Waals surface area contributed by atoms with E-state index in [1.807, 2.05) is 20.8 Å². The van der Waals surface area contributed by atoms with Crippen molar-refractivity contribution < 1.29 is 18.0 Å². The van der Waals surface area contributed by atoms with Crippen LogP contribution in [0.25, 0.3) is 0 Å². The fraction of sp³-hybridized carbons (Fsp3) is 0.310. The minimum Gasteiger partial charge on any atom is -0.352 e. The Labute approximate surface area is 240 Å². The molecule has 0 aliphatic rings. The van der Waals surface area contributed by atoms with Crippen LogP contribution < -0.4 is 9.62 Å². The van der Waals surface area contributed by atoms with Gasteiger partial charge in [-0.25, -0.2) is 8.42 Å². The number of carbonyl (C=O) groups is 2.